The molecule has 0 aliphatic carbocycles. The number of carbonyl (C=O) groups excluding carboxylic acids is 1. The van der Waals surface area contributed by atoms with E-state index in [4.69, 9.17) is 0 Å². The van der Waals surface area contributed by atoms with Crippen LogP contribution < -0.4 is 10.0 Å². The summed E-state index contributed by atoms with van der Waals surface area (Å²) in [7, 11) is 3.53. The fraction of sp³-hybridized carbons (Fsp3) is 0.278. The van der Waals surface area contributed by atoms with Gasteiger partial charge in [-0.05, 0) is 40.1 Å². The number of ketones is 1. The number of nitrogens with one attached hydrogen (secondary N) is 3. The first kappa shape index (κ1) is 20.0. The highest BCUT2D eigenvalue weighted by molar-refractivity contribution is 7.98. The minimum Gasteiger partial charge on any atom is -0.367 e. The minimum atomic E-state index is -0.955. The number of hydrogen-bond donors (Lipinski definition) is 3. The van der Waals surface area contributed by atoms with Crippen molar-refractivity contribution in [3.63, 3.8) is 0 Å². The molecule has 3 rings (SSSR count). The van der Waals surface area contributed by atoms with Crippen LogP contribution in [0.3, 0.4) is 0 Å². The molecule has 2 aromatic heterocycles. The van der Waals surface area contributed by atoms with Gasteiger partial charge in [-0.2, -0.15) is 0 Å². The zero-order valence-electron chi connectivity index (χ0n) is 15.8. The van der Waals surface area contributed by atoms with Gasteiger partial charge in [-0.25, -0.2) is 23.1 Å². The Morgan fingerprint density at radius 3 is 2.68 bits per heavy atom. The fourth-order valence-electron chi connectivity index (χ4n) is 2.64. The molecule has 0 saturated heterocycles. The number of H-pyrrole nitrogens is 1. The molecule has 28 heavy (non-hydrogen) atoms. The number of carbonyl (C=O) groups is 1. The van der Waals surface area contributed by atoms with E-state index in [0.717, 1.165) is 18.2 Å². The summed E-state index contributed by atoms with van der Waals surface area (Å²) in [6, 6.07) is 2.36. The third-order valence-electron chi connectivity index (χ3n) is 3.80. The van der Waals surface area contributed by atoms with E-state index < -0.39 is 23.0 Å². The smallest absolute Gasteiger partial charge is 0.201 e. The maximum absolute atomic E-state index is 14.9. The van der Waals surface area contributed by atoms with Crippen molar-refractivity contribution in [2.24, 2.45) is 0 Å². The van der Waals surface area contributed by atoms with Gasteiger partial charge in [0.25, 0.3) is 0 Å². The first-order valence-electron chi connectivity index (χ1n) is 8.51. The molecule has 0 fully saturated rings. The highest BCUT2D eigenvalue weighted by Crippen LogP contribution is 2.30. The molecule has 0 spiro atoms. The van der Waals surface area contributed by atoms with E-state index in [2.05, 4.69) is 25.0 Å². The summed E-state index contributed by atoms with van der Waals surface area (Å²) in [4.78, 5) is 24.2. The predicted octanol–water partition coefficient (Wildman–Crippen LogP) is 3.82. The summed E-state index contributed by atoms with van der Waals surface area (Å²) in [5.41, 5.74) is -0.126. The lowest BCUT2D eigenvalue weighted by molar-refractivity contribution is 0.103. The van der Waals surface area contributed by atoms with Crippen LogP contribution in [-0.2, 0) is 0 Å². The van der Waals surface area contributed by atoms with Gasteiger partial charge in [-0.1, -0.05) is 0 Å². The van der Waals surface area contributed by atoms with E-state index in [0.29, 0.717) is 16.9 Å². The first-order valence-corrected chi connectivity index (χ1v) is 9.28. The van der Waals surface area contributed by atoms with E-state index in [1.165, 1.54) is 18.6 Å². The minimum absolute atomic E-state index is 0.0140. The molecule has 10 heteroatoms. The number of anilines is 2. The van der Waals surface area contributed by atoms with Gasteiger partial charge in [-0.3, -0.25) is 4.79 Å². The number of halogens is 2. The molecule has 0 atom stereocenters. The third kappa shape index (κ3) is 3.92. The summed E-state index contributed by atoms with van der Waals surface area (Å²) in [6.45, 7) is 3.83. The van der Waals surface area contributed by atoms with Crippen molar-refractivity contribution in [3.05, 3.63) is 47.4 Å². The molecule has 0 bridgehead atoms. The molecular formula is C18H20F2N6OS. The summed E-state index contributed by atoms with van der Waals surface area (Å²) < 4.78 is 33.8. The lowest BCUT2D eigenvalue weighted by Gasteiger charge is -2.13. The third-order valence-corrected chi connectivity index (χ3v) is 4.47. The van der Waals surface area contributed by atoms with Crippen molar-refractivity contribution in [1.29, 1.82) is 0 Å². The largest absolute Gasteiger partial charge is 0.367 e. The first-order chi connectivity index (χ1) is 13.3. The number of rotatable bonds is 7. The number of fused-ring (bicyclic) bond motifs is 1. The monoisotopic (exact) mass is 406 g/mol. The number of nitrogens with zero attached hydrogens (tertiary/aromatic N) is 3. The van der Waals surface area contributed by atoms with Gasteiger partial charge in [-0.15, -0.1) is 0 Å². The molecule has 7 nitrogen and oxygen atoms in total. The van der Waals surface area contributed by atoms with Gasteiger partial charge in [0.1, 0.15) is 23.6 Å². The van der Waals surface area contributed by atoms with Crippen LogP contribution in [0.2, 0.25) is 0 Å². The highest BCUT2D eigenvalue weighted by Gasteiger charge is 2.26. The Labute approximate surface area is 165 Å². The average Bonchev–Trinajstić information content (AvgIpc) is 3.05. The highest BCUT2D eigenvalue weighted by atomic mass is 32.2. The van der Waals surface area contributed by atoms with Gasteiger partial charge in [0, 0.05) is 24.4 Å². The van der Waals surface area contributed by atoms with Gasteiger partial charge >= 0.3 is 0 Å². The lowest BCUT2D eigenvalue weighted by atomic mass is 10.0. The summed E-state index contributed by atoms with van der Waals surface area (Å²) in [5.74, 6) is -2.26. The van der Waals surface area contributed by atoms with Crippen molar-refractivity contribution in [2.45, 2.75) is 19.9 Å². The molecule has 2 heterocycles. The Bertz CT molecular complexity index is 1020. The molecular weight excluding hydrogens is 386 g/mol. The van der Waals surface area contributed by atoms with Crippen molar-refractivity contribution >= 4 is 40.5 Å². The number of aromatic nitrogens is 3. The van der Waals surface area contributed by atoms with Crippen LogP contribution in [-0.4, -0.2) is 45.2 Å². The fourth-order valence-corrected chi connectivity index (χ4v) is 3.08. The quantitative estimate of drug-likeness (QED) is 0.406. The van der Waals surface area contributed by atoms with Crippen molar-refractivity contribution < 1.29 is 13.6 Å². The Morgan fingerprint density at radius 2 is 2.00 bits per heavy atom. The van der Waals surface area contributed by atoms with E-state index in [9.17, 15) is 13.6 Å². The average molecular weight is 406 g/mol. The molecule has 3 aromatic rings. The lowest BCUT2D eigenvalue weighted by Crippen LogP contribution is -2.13. The number of hydrogen-bond acceptors (Lipinski definition) is 7. The van der Waals surface area contributed by atoms with Crippen molar-refractivity contribution in [2.75, 3.05) is 24.1 Å². The Kier molecular flexibility index (Phi) is 5.80. The summed E-state index contributed by atoms with van der Waals surface area (Å²) in [5, 5.41) is 3.51. The van der Waals surface area contributed by atoms with Gasteiger partial charge in [0.15, 0.2) is 5.82 Å². The molecule has 148 valence electrons. The molecule has 0 radical (unpaired) electrons. The van der Waals surface area contributed by atoms with Crippen LogP contribution in [0, 0.1) is 11.6 Å². The molecule has 0 amide bonds. The summed E-state index contributed by atoms with van der Waals surface area (Å²) in [6.07, 6.45) is 2.74. The van der Waals surface area contributed by atoms with E-state index in [1.54, 1.807) is 18.4 Å². The van der Waals surface area contributed by atoms with Gasteiger partial charge in [0.05, 0.1) is 22.2 Å². The van der Waals surface area contributed by atoms with E-state index in [-0.39, 0.29) is 17.3 Å². The Morgan fingerprint density at radius 1 is 1.25 bits per heavy atom. The zero-order chi connectivity index (χ0) is 20.4. The van der Waals surface area contributed by atoms with Crippen LogP contribution in [0.15, 0.2) is 24.7 Å². The second-order valence-corrected chi connectivity index (χ2v) is 7.68. The predicted molar refractivity (Wildman–Crippen MR) is 107 cm³/mol. The van der Waals surface area contributed by atoms with E-state index in [1.807, 2.05) is 13.8 Å². The molecule has 0 saturated carbocycles. The molecule has 0 aliphatic heterocycles. The molecule has 0 unspecified atom stereocenters. The molecule has 0 aliphatic rings. The second-order valence-electron chi connectivity index (χ2n) is 6.57. The maximum Gasteiger partial charge on any atom is 0.201 e. The Balaban J connectivity index is 2.09. The van der Waals surface area contributed by atoms with Crippen LogP contribution in [0.1, 0.15) is 29.8 Å². The molecule has 1 aromatic carbocycles. The normalized spacial score (nSPS) is 11.4. The molecule has 3 N–H and O–H groups in total. The van der Waals surface area contributed by atoms with Crippen molar-refractivity contribution in [3.8, 4) is 0 Å². The maximum atomic E-state index is 14.9. The van der Waals surface area contributed by atoms with Crippen LogP contribution in [0.5, 0.6) is 0 Å². The SMILES string of the molecule is CC(C)Nc1ncnc2[nH]cc(C(=O)c3c(F)ccc(NSN(C)C)c3F)c12. The van der Waals surface area contributed by atoms with Crippen LogP contribution in [0.4, 0.5) is 20.3 Å². The zero-order valence-corrected chi connectivity index (χ0v) is 16.6. The topological polar surface area (TPSA) is 85.9 Å². The standard InChI is InChI=1S/C18H20F2N6OS/c1-9(2)24-18-13-10(7-21-17(13)22-8-23-18)16(27)14-11(19)5-6-12(15(14)20)25-28-26(3)4/h5-9,25H,1-4H3,(H2,21,22,23,24). The Hall–Kier alpha value is -2.72. The van der Waals surface area contributed by atoms with E-state index >= 15 is 0 Å². The van der Waals surface area contributed by atoms with Gasteiger partial charge < -0.3 is 15.0 Å². The number of aromatic amines is 1. The van der Waals surface area contributed by atoms with Crippen LogP contribution >= 0.6 is 12.1 Å². The second kappa shape index (κ2) is 8.11. The summed E-state index contributed by atoms with van der Waals surface area (Å²) >= 11 is 1.11. The van der Waals surface area contributed by atoms with Crippen LogP contribution in [0.25, 0.3) is 11.0 Å². The van der Waals surface area contributed by atoms with Crippen molar-refractivity contribution in [1.82, 2.24) is 19.3 Å². The number of benzene rings is 1. The van der Waals surface area contributed by atoms with Gasteiger partial charge in [0.2, 0.25) is 5.78 Å².